The van der Waals surface area contributed by atoms with Crippen LogP contribution in [0.25, 0.3) is 0 Å². The Bertz CT molecular complexity index is 383. The molecule has 0 amide bonds. The van der Waals surface area contributed by atoms with Gasteiger partial charge in [0.1, 0.15) is 5.75 Å². The van der Waals surface area contributed by atoms with E-state index >= 15 is 0 Å². The number of benzene rings is 1. The van der Waals surface area contributed by atoms with Crippen molar-refractivity contribution in [1.82, 2.24) is 5.32 Å². The van der Waals surface area contributed by atoms with Gasteiger partial charge in [-0.1, -0.05) is 32.0 Å². The summed E-state index contributed by atoms with van der Waals surface area (Å²) < 4.78 is 6.19. The van der Waals surface area contributed by atoms with Gasteiger partial charge in [0.15, 0.2) is 0 Å². The highest BCUT2D eigenvalue weighted by molar-refractivity contribution is 5.35. The number of hydrogen-bond donors (Lipinski definition) is 1. The molecule has 1 aromatic rings. The minimum Gasteiger partial charge on any atom is -0.490 e. The Morgan fingerprint density at radius 1 is 1.16 bits per heavy atom. The molecule has 0 spiro atoms. The Hall–Kier alpha value is -1.02. The number of nitrogens with one attached hydrogen (secondary N) is 1. The van der Waals surface area contributed by atoms with Crippen molar-refractivity contribution >= 4 is 0 Å². The van der Waals surface area contributed by atoms with Crippen molar-refractivity contribution in [1.29, 1.82) is 0 Å². The van der Waals surface area contributed by atoms with E-state index in [4.69, 9.17) is 4.74 Å². The van der Waals surface area contributed by atoms with Crippen LogP contribution in [0.1, 0.15) is 58.1 Å². The fourth-order valence-corrected chi connectivity index (χ4v) is 2.65. The molecular formula is C17H27NO. The normalized spacial score (nSPS) is 17.9. The molecule has 1 aliphatic rings. The van der Waals surface area contributed by atoms with Crippen molar-refractivity contribution in [2.75, 3.05) is 6.54 Å². The van der Waals surface area contributed by atoms with Crippen LogP contribution in [-0.4, -0.2) is 12.6 Å². The fourth-order valence-electron chi connectivity index (χ4n) is 2.65. The predicted octanol–water partition coefficient (Wildman–Crippen LogP) is 4.31. The summed E-state index contributed by atoms with van der Waals surface area (Å²) in [4.78, 5) is 0. The van der Waals surface area contributed by atoms with Gasteiger partial charge in [-0.25, -0.2) is 0 Å². The van der Waals surface area contributed by atoms with E-state index < -0.39 is 0 Å². The first-order chi connectivity index (χ1) is 9.16. The largest absolute Gasteiger partial charge is 0.490 e. The molecule has 0 heterocycles. The summed E-state index contributed by atoms with van der Waals surface area (Å²) in [5.74, 6) is 1.74. The van der Waals surface area contributed by atoms with E-state index in [-0.39, 0.29) is 0 Å². The third-order valence-electron chi connectivity index (χ3n) is 3.81. The van der Waals surface area contributed by atoms with Crippen LogP contribution < -0.4 is 10.1 Å². The highest BCUT2D eigenvalue weighted by Gasteiger charge is 2.19. The lowest BCUT2D eigenvalue weighted by molar-refractivity contribution is 0.206. The van der Waals surface area contributed by atoms with Gasteiger partial charge in [0.05, 0.1) is 6.10 Å². The summed E-state index contributed by atoms with van der Waals surface area (Å²) in [5.41, 5.74) is 1.29. The Labute approximate surface area is 117 Å². The molecule has 0 bridgehead atoms. The predicted molar refractivity (Wildman–Crippen MR) is 80.6 cm³/mol. The summed E-state index contributed by atoms with van der Waals surface area (Å²) in [5, 5.41) is 3.58. The number of ether oxygens (including phenoxy) is 1. The summed E-state index contributed by atoms with van der Waals surface area (Å²) >= 11 is 0. The maximum Gasteiger partial charge on any atom is 0.124 e. The number of hydrogen-bond acceptors (Lipinski definition) is 2. The van der Waals surface area contributed by atoms with Gasteiger partial charge in [0.25, 0.3) is 0 Å². The molecule has 2 heteroatoms. The number of rotatable bonds is 6. The summed E-state index contributed by atoms with van der Waals surface area (Å²) in [6, 6.07) is 8.82. The molecule has 1 aliphatic carbocycles. The summed E-state index contributed by atoms with van der Waals surface area (Å²) in [6.45, 7) is 7.74. The van der Waals surface area contributed by atoms with Crippen LogP contribution >= 0.6 is 0 Å². The SMILES string of the molecule is CC(C)CNC(C)c1ccccc1OC1CCCC1. The first kappa shape index (κ1) is 14.4. The van der Waals surface area contributed by atoms with E-state index in [9.17, 15) is 0 Å². The van der Waals surface area contributed by atoms with Crippen molar-refractivity contribution in [3.8, 4) is 5.75 Å². The molecule has 106 valence electrons. The molecule has 0 saturated heterocycles. The second-order valence-corrected chi connectivity index (χ2v) is 6.09. The van der Waals surface area contributed by atoms with Gasteiger partial charge in [-0.2, -0.15) is 0 Å². The van der Waals surface area contributed by atoms with Crippen molar-refractivity contribution in [3.63, 3.8) is 0 Å². The standard InChI is InChI=1S/C17H27NO/c1-13(2)12-18-14(3)16-10-6-7-11-17(16)19-15-8-4-5-9-15/h6-7,10-11,13-15,18H,4-5,8-9,12H2,1-3H3. The quantitative estimate of drug-likeness (QED) is 0.823. The smallest absolute Gasteiger partial charge is 0.124 e. The molecule has 19 heavy (non-hydrogen) atoms. The Balaban J connectivity index is 2.02. The molecule has 1 fully saturated rings. The van der Waals surface area contributed by atoms with Crippen LogP contribution in [0.4, 0.5) is 0 Å². The van der Waals surface area contributed by atoms with Gasteiger partial charge in [-0.05, 0) is 51.1 Å². The molecule has 1 unspecified atom stereocenters. The van der Waals surface area contributed by atoms with E-state index in [1.807, 2.05) is 0 Å². The second-order valence-electron chi connectivity index (χ2n) is 6.09. The molecule has 1 atom stereocenters. The highest BCUT2D eigenvalue weighted by Crippen LogP contribution is 2.29. The van der Waals surface area contributed by atoms with Crippen LogP contribution in [0.2, 0.25) is 0 Å². The minimum absolute atomic E-state index is 0.347. The topological polar surface area (TPSA) is 21.3 Å². The van der Waals surface area contributed by atoms with Crippen molar-refractivity contribution in [2.45, 2.75) is 58.6 Å². The molecule has 1 aromatic carbocycles. The summed E-state index contributed by atoms with van der Waals surface area (Å²) in [7, 11) is 0. The monoisotopic (exact) mass is 261 g/mol. The minimum atomic E-state index is 0.347. The lowest BCUT2D eigenvalue weighted by Crippen LogP contribution is -2.24. The first-order valence-electron chi connectivity index (χ1n) is 7.65. The summed E-state index contributed by atoms with van der Waals surface area (Å²) in [6.07, 6.45) is 5.48. The zero-order valence-corrected chi connectivity index (χ0v) is 12.5. The van der Waals surface area contributed by atoms with Crippen molar-refractivity contribution in [2.24, 2.45) is 5.92 Å². The van der Waals surface area contributed by atoms with Crippen LogP contribution in [0.15, 0.2) is 24.3 Å². The number of para-hydroxylation sites is 1. The average molecular weight is 261 g/mol. The molecular weight excluding hydrogens is 234 g/mol. The Kier molecular flexibility index (Phi) is 5.26. The lowest BCUT2D eigenvalue weighted by atomic mass is 10.1. The van der Waals surface area contributed by atoms with Gasteiger partial charge < -0.3 is 10.1 Å². The maximum atomic E-state index is 6.19. The average Bonchev–Trinajstić information content (AvgIpc) is 2.89. The van der Waals surface area contributed by atoms with E-state index in [1.54, 1.807) is 0 Å². The van der Waals surface area contributed by atoms with Gasteiger partial charge in [-0.15, -0.1) is 0 Å². The zero-order chi connectivity index (χ0) is 13.7. The van der Waals surface area contributed by atoms with E-state index in [2.05, 4.69) is 50.4 Å². The second kappa shape index (κ2) is 6.95. The van der Waals surface area contributed by atoms with Crippen LogP contribution in [-0.2, 0) is 0 Å². The van der Waals surface area contributed by atoms with Gasteiger partial charge in [-0.3, -0.25) is 0 Å². The van der Waals surface area contributed by atoms with Gasteiger partial charge in [0, 0.05) is 11.6 Å². The lowest BCUT2D eigenvalue weighted by Gasteiger charge is -2.21. The van der Waals surface area contributed by atoms with Crippen molar-refractivity contribution < 1.29 is 4.74 Å². The van der Waals surface area contributed by atoms with Crippen LogP contribution in [0.5, 0.6) is 5.75 Å². The van der Waals surface area contributed by atoms with Crippen LogP contribution in [0, 0.1) is 5.92 Å². The molecule has 0 radical (unpaired) electrons. The molecule has 1 N–H and O–H groups in total. The van der Waals surface area contributed by atoms with Gasteiger partial charge >= 0.3 is 0 Å². The molecule has 0 aromatic heterocycles. The third-order valence-corrected chi connectivity index (χ3v) is 3.81. The Morgan fingerprint density at radius 3 is 2.53 bits per heavy atom. The van der Waals surface area contributed by atoms with E-state index in [1.165, 1.54) is 31.2 Å². The fraction of sp³-hybridized carbons (Fsp3) is 0.647. The highest BCUT2D eigenvalue weighted by atomic mass is 16.5. The van der Waals surface area contributed by atoms with Crippen molar-refractivity contribution in [3.05, 3.63) is 29.8 Å². The zero-order valence-electron chi connectivity index (χ0n) is 12.5. The molecule has 0 aliphatic heterocycles. The van der Waals surface area contributed by atoms with E-state index in [0.717, 1.165) is 12.3 Å². The Morgan fingerprint density at radius 2 is 1.84 bits per heavy atom. The molecule has 2 nitrogen and oxygen atoms in total. The molecule has 2 rings (SSSR count). The third kappa shape index (κ3) is 4.24. The first-order valence-corrected chi connectivity index (χ1v) is 7.65. The van der Waals surface area contributed by atoms with E-state index in [0.29, 0.717) is 18.1 Å². The molecule has 1 saturated carbocycles. The van der Waals surface area contributed by atoms with Crippen LogP contribution in [0.3, 0.4) is 0 Å². The van der Waals surface area contributed by atoms with Gasteiger partial charge in [0.2, 0.25) is 0 Å². The maximum absolute atomic E-state index is 6.19.